The average molecular weight is 384 g/mol. The Balaban J connectivity index is 0.00000200. The second-order valence-corrected chi connectivity index (χ2v) is 8.30. The quantitative estimate of drug-likeness (QED) is 0.872. The van der Waals surface area contributed by atoms with E-state index in [9.17, 15) is 8.42 Å². The molecule has 20 heavy (non-hydrogen) atoms. The van der Waals surface area contributed by atoms with Gasteiger partial charge < -0.3 is 5.73 Å². The molecule has 2 rings (SSSR count). The fourth-order valence-corrected chi connectivity index (χ4v) is 5.05. The minimum absolute atomic E-state index is 0. The Morgan fingerprint density at radius 3 is 2.60 bits per heavy atom. The van der Waals surface area contributed by atoms with E-state index in [1.165, 1.54) is 4.31 Å². The van der Waals surface area contributed by atoms with E-state index in [4.69, 9.17) is 5.73 Å². The van der Waals surface area contributed by atoms with Gasteiger partial charge in [-0.05, 0) is 58.9 Å². The van der Waals surface area contributed by atoms with Gasteiger partial charge in [0.15, 0.2) is 0 Å². The van der Waals surface area contributed by atoms with Gasteiger partial charge in [-0.3, -0.25) is 0 Å². The van der Waals surface area contributed by atoms with Crippen molar-refractivity contribution < 1.29 is 8.42 Å². The van der Waals surface area contributed by atoms with E-state index in [2.05, 4.69) is 15.9 Å². The second kappa shape index (κ2) is 6.32. The van der Waals surface area contributed by atoms with Crippen molar-refractivity contribution in [2.24, 2.45) is 11.1 Å². The molecule has 1 aromatic rings. The minimum atomic E-state index is -3.44. The first-order valence-electron chi connectivity index (χ1n) is 6.25. The van der Waals surface area contributed by atoms with Crippen LogP contribution in [0.5, 0.6) is 0 Å². The molecule has 0 aromatic heterocycles. The van der Waals surface area contributed by atoms with E-state index in [0.29, 0.717) is 29.0 Å². The summed E-state index contributed by atoms with van der Waals surface area (Å²) in [6.45, 7) is 5.51. The molecular weight excluding hydrogens is 364 g/mol. The summed E-state index contributed by atoms with van der Waals surface area (Å²) in [5, 5.41) is 0. The van der Waals surface area contributed by atoms with E-state index in [1.807, 2.05) is 26.0 Å². The number of nitrogens with two attached hydrogens (primary N) is 1. The van der Waals surface area contributed by atoms with E-state index in [0.717, 1.165) is 12.0 Å². The van der Waals surface area contributed by atoms with Crippen LogP contribution in [-0.2, 0) is 10.0 Å². The van der Waals surface area contributed by atoms with Crippen molar-refractivity contribution >= 4 is 38.4 Å². The fourth-order valence-electron chi connectivity index (χ4n) is 2.30. The molecule has 2 N–H and O–H groups in total. The number of hydrogen-bond acceptors (Lipinski definition) is 3. The Hall–Kier alpha value is -0.140. The summed E-state index contributed by atoms with van der Waals surface area (Å²) < 4.78 is 27.4. The molecule has 1 atom stereocenters. The number of halogens is 2. The van der Waals surface area contributed by atoms with Gasteiger partial charge in [-0.1, -0.05) is 13.0 Å². The molecule has 1 unspecified atom stereocenters. The van der Waals surface area contributed by atoms with Crippen LogP contribution in [0.4, 0.5) is 0 Å². The predicted octanol–water partition coefficient (Wildman–Crippen LogP) is 2.54. The van der Waals surface area contributed by atoms with E-state index < -0.39 is 10.0 Å². The SMILES string of the molecule is Cc1ccc(S(=O)(=O)N2CCC(C)(CN)C2)c(Br)c1.Cl. The van der Waals surface area contributed by atoms with Crippen LogP contribution in [0.15, 0.2) is 27.6 Å². The second-order valence-electron chi connectivity index (χ2n) is 5.54. The van der Waals surface area contributed by atoms with Crippen molar-refractivity contribution in [3.8, 4) is 0 Å². The summed E-state index contributed by atoms with van der Waals surface area (Å²) in [5.41, 5.74) is 6.65. The Morgan fingerprint density at radius 1 is 1.45 bits per heavy atom. The van der Waals surface area contributed by atoms with Gasteiger partial charge in [-0.25, -0.2) is 8.42 Å². The molecule has 0 saturated carbocycles. The predicted molar refractivity (Wildman–Crippen MR) is 86.7 cm³/mol. The van der Waals surface area contributed by atoms with E-state index in [1.54, 1.807) is 6.07 Å². The van der Waals surface area contributed by atoms with Gasteiger partial charge in [0, 0.05) is 17.6 Å². The Morgan fingerprint density at radius 2 is 2.10 bits per heavy atom. The summed E-state index contributed by atoms with van der Waals surface area (Å²) in [6, 6.07) is 5.30. The topological polar surface area (TPSA) is 63.4 Å². The van der Waals surface area contributed by atoms with Crippen molar-refractivity contribution in [1.82, 2.24) is 4.31 Å². The number of rotatable bonds is 3. The van der Waals surface area contributed by atoms with Crippen molar-refractivity contribution in [2.75, 3.05) is 19.6 Å². The third-order valence-electron chi connectivity index (χ3n) is 3.72. The third kappa shape index (κ3) is 3.36. The first kappa shape index (κ1) is 17.9. The van der Waals surface area contributed by atoms with Crippen LogP contribution in [-0.4, -0.2) is 32.4 Å². The summed E-state index contributed by atoms with van der Waals surface area (Å²) in [6.07, 6.45) is 0.812. The lowest BCUT2D eigenvalue weighted by Gasteiger charge is -2.22. The van der Waals surface area contributed by atoms with Gasteiger partial charge in [0.1, 0.15) is 0 Å². The zero-order chi connectivity index (χ0) is 14.3. The summed E-state index contributed by atoms with van der Waals surface area (Å²) >= 11 is 3.35. The molecule has 1 fully saturated rings. The van der Waals surface area contributed by atoms with Gasteiger partial charge in [0.05, 0.1) is 4.90 Å². The third-order valence-corrected chi connectivity index (χ3v) is 6.54. The first-order valence-corrected chi connectivity index (χ1v) is 8.48. The molecule has 114 valence electrons. The van der Waals surface area contributed by atoms with Crippen LogP contribution in [0.25, 0.3) is 0 Å². The maximum atomic E-state index is 12.6. The lowest BCUT2D eigenvalue weighted by Crippen LogP contribution is -2.34. The van der Waals surface area contributed by atoms with Crippen LogP contribution in [0.3, 0.4) is 0 Å². The smallest absolute Gasteiger partial charge is 0.244 e. The maximum absolute atomic E-state index is 12.6. The summed E-state index contributed by atoms with van der Waals surface area (Å²) in [5.74, 6) is 0. The molecule has 0 spiro atoms. The van der Waals surface area contributed by atoms with Gasteiger partial charge in [0.25, 0.3) is 0 Å². The largest absolute Gasteiger partial charge is 0.330 e. The summed E-state index contributed by atoms with van der Waals surface area (Å²) in [4.78, 5) is 0.333. The zero-order valence-corrected chi connectivity index (χ0v) is 14.8. The van der Waals surface area contributed by atoms with Gasteiger partial charge in [-0.2, -0.15) is 4.31 Å². The average Bonchev–Trinajstić information content (AvgIpc) is 2.73. The molecule has 1 aliphatic heterocycles. The molecule has 7 heteroatoms. The number of aryl methyl sites for hydroxylation is 1. The number of hydrogen-bond donors (Lipinski definition) is 1. The molecule has 0 bridgehead atoms. The van der Waals surface area contributed by atoms with Crippen LogP contribution < -0.4 is 5.73 Å². The molecule has 4 nitrogen and oxygen atoms in total. The highest BCUT2D eigenvalue weighted by molar-refractivity contribution is 9.10. The highest BCUT2D eigenvalue weighted by Gasteiger charge is 2.39. The Kier molecular flexibility index (Phi) is 5.66. The molecule has 1 saturated heterocycles. The fraction of sp³-hybridized carbons (Fsp3) is 0.538. The van der Waals surface area contributed by atoms with Gasteiger partial charge in [-0.15, -0.1) is 12.4 Å². The van der Waals surface area contributed by atoms with Crippen LogP contribution in [0.1, 0.15) is 18.9 Å². The monoisotopic (exact) mass is 382 g/mol. The molecule has 1 aliphatic rings. The van der Waals surface area contributed by atoms with Gasteiger partial charge in [0.2, 0.25) is 10.0 Å². The molecule has 1 aromatic carbocycles. The highest BCUT2D eigenvalue weighted by Crippen LogP contribution is 2.34. The molecular formula is C13H20BrClN2O2S. The zero-order valence-electron chi connectivity index (χ0n) is 11.6. The Bertz CT molecular complexity index is 594. The standard InChI is InChI=1S/C13H19BrN2O2S.ClH/c1-10-3-4-12(11(14)7-10)19(17,18)16-6-5-13(2,8-15)9-16;/h3-4,7H,5-6,8-9,15H2,1-2H3;1H. The van der Waals surface area contributed by atoms with Crippen molar-refractivity contribution in [3.05, 3.63) is 28.2 Å². The molecule has 1 heterocycles. The van der Waals surface area contributed by atoms with Gasteiger partial charge >= 0.3 is 0 Å². The number of sulfonamides is 1. The van der Waals surface area contributed by atoms with Crippen molar-refractivity contribution in [2.45, 2.75) is 25.2 Å². The van der Waals surface area contributed by atoms with Crippen LogP contribution in [0.2, 0.25) is 0 Å². The number of benzene rings is 1. The Labute approximate surface area is 135 Å². The lowest BCUT2D eigenvalue weighted by molar-refractivity contribution is 0.349. The van der Waals surface area contributed by atoms with E-state index in [-0.39, 0.29) is 17.8 Å². The van der Waals surface area contributed by atoms with Crippen LogP contribution in [0, 0.1) is 12.3 Å². The maximum Gasteiger partial charge on any atom is 0.244 e. The summed E-state index contributed by atoms with van der Waals surface area (Å²) in [7, 11) is -3.44. The highest BCUT2D eigenvalue weighted by atomic mass is 79.9. The first-order chi connectivity index (χ1) is 8.78. The molecule has 0 aliphatic carbocycles. The van der Waals surface area contributed by atoms with Crippen molar-refractivity contribution in [3.63, 3.8) is 0 Å². The normalized spacial score (nSPS) is 23.6. The minimum Gasteiger partial charge on any atom is -0.330 e. The number of nitrogens with zero attached hydrogens (tertiary/aromatic N) is 1. The molecule has 0 amide bonds. The molecule has 0 radical (unpaired) electrons. The van der Waals surface area contributed by atoms with Crippen molar-refractivity contribution in [1.29, 1.82) is 0 Å². The van der Waals surface area contributed by atoms with E-state index >= 15 is 0 Å². The lowest BCUT2D eigenvalue weighted by atomic mass is 9.90. The van der Waals surface area contributed by atoms with Crippen LogP contribution >= 0.6 is 28.3 Å².